The van der Waals surface area contributed by atoms with Crippen LogP contribution in [0.2, 0.25) is 0 Å². The smallest absolute Gasteiger partial charge is 0.352 e. The summed E-state index contributed by atoms with van der Waals surface area (Å²) in [4.78, 5) is 42.8. The molecule has 0 bridgehead atoms. The number of furan rings is 1. The number of amides is 2. The highest BCUT2D eigenvalue weighted by molar-refractivity contribution is 8.00. The van der Waals surface area contributed by atoms with Gasteiger partial charge in [-0.05, 0) is 36.8 Å². The Kier molecular flexibility index (Phi) is 6.09. The van der Waals surface area contributed by atoms with Gasteiger partial charge in [-0.1, -0.05) is 11.1 Å². The number of nitrogens with one attached hydrogen (secondary N) is 1. The van der Waals surface area contributed by atoms with Gasteiger partial charge in [-0.2, -0.15) is 0 Å². The van der Waals surface area contributed by atoms with Crippen molar-refractivity contribution < 1.29 is 28.7 Å². The van der Waals surface area contributed by atoms with Crippen LogP contribution in [0.5, 0.6) is 0 Å². The Hall–Kier alpha value is -3.45. The van der Waals surface area contributed by atoms with Gasteiger partial charge in [-0.25, -0.2) is 4.79 Å². The number of allylic oxidation sites excluding steroid dienone is 2. The molecule has 3 heterocycles. The molecular weight excluding hydrogens is 398 g/mol. The summed E-state index contributed by atoms with van der Waals surface area (Å²) in [6, 6.07) is 2.23. The van der Waals surface area contributed by atoms with E-state index in [1.54, 1.807) is 25.1 Å². The van der Waals surface area contributed by atoms with Crippen LogP contribution in [0.3, 0.4) is 0 Å². The maximum Gasteiger partial charge on any atom is 0.352 e. The third-order valence-electron chi connectivity index (χ3n) is 4.15. The lowest BCUT2D eigenvalue weighted by Gasteiger charge is -2.49. The van der Waals surface area contributed by atoms with Gasteiger partial charge < -0.3 is 19.7 Å². The highest BCUT2D eigenvalue weighted by Crippen LogP contribution is 2.40. The average molecular weight is 415 g/mol. The summed E-state index contributed by atoms with van der Waals surface area (Å²) in [5.41, 5.74) is 0.257. The molecule has 0 unspecified atom stereocenters. The minimum atomic E-state index is -1.21. The molecule has 0 aliphatic carbocycles. The number of carboxylic acids is 1. The predicted molar refractivity (Wildman–Crippen MR) is 105 cm³/mol. The van der Waals surface area contributed by atoms with Crippen LogP contribution in [0.15, 0.2) is 51.4 Å². The van der Waals surface area contributed by atoms with Gasteiger partial charge in [0.2, 0.25) is 5.71 Å². The summed E-state index contributed by atoms with van der Waals surface area (Å²) >= 11 is 1.35. The van der Waals surface area contributed by atoms with Gasteiger partial charge in [0.15, 0.2) is 5.76 Å². The number of hydrogen-bond donors (Lipinski definition) is 2. The van der Waals surface area contributed by atoms with Crippen LogP contribution in [-0.2, 0) is 19.2 Å². The van der Waals surface area contributed by atoms with Crippen molar-refractivity contribution >= 4 is 35.3 Å². The standard InChI is InChI=1S/C19H17N3O6S/c1-3-4-5-7-11-10-29-18-14(17(24)22(18)15(11)19(25)26)20-16(23)13(21-27-2)12-8-6-9-28-12/h5-9,14,18H,10H2,1-2H3,(H,20,23)(H,25,26)/b7-5+,21-13-/t14-,18-/m1/s1. The van der Waals surface area contributed by atoms with E-state index in [2.05, 4.69) is 27.2 Å². The summed E-state index contributed by atoms with van der Waals surface area (Å²) in [5, 5.41) is 15.3. The first-order valence-corrected chi connectivity index (χ1v) is 9.50. The van der Waals surface area contributed by atoms with Crippen LogP contribution in [0, 0.1) is 11.8 Å². The number of hydrogen-bond acceptors (Lipinski definition) is 7. The molecule has 0 radical (unpaired) electrons. The number of oxime groups is 1. The van der Waals surface area contributed by atoms with Crippen molar-refractivity contribution in [2.24, 2.45) is 5.16 Å². The Morgan fingerprint density at radius 2 is 2.31 bits per heavy atom. The molecule has 0 spiro atoms. The number of carboxylic acid groups (broad SMARTS) is 1. The molecule has 1 aromatic rings. The molecule has 1 saturated heterocycles. The number of rotatable bonds is 6. The van der Waals surface area contributed by atoms with Crippen LogP contribution in [0.4, 0.5) is 0 Å². The molecule has 1 fully saturated rings. The molecule has 2 N–H and O–H groups in total. The Morgan fingerprint density at radius 3 is 2.93 bits per heavy atom. The van der Waals surface area contributed by atoms with Crippen molar-refractivity contribution in [3.8, 4) is 11.8 Å². The van der Waals surface area contributed by atoms with Crippen LogP contribution >= 0.6 is 11.8 Å². The van der Waals surface area contributed by atoms with Crippen LogP contribution < -0.4 is 5.32 Å². The number of β-lactam (4-membered cyclic amide) rings is 1. The van der Waals surface area contributed by atoms with Crippen molar-refractivity contribution in [3.63, 3.8) is 0 Å². The lowest BCUT2D eigenvalue weighted by Crippen LogP contribution is -2.71. The Bertz CT molecular complexity index is 983. The van der Waals surface area contributed by atoms with Crippen LogP contribution in [-0.4, -0.2) is 57.8 Å². The highest BCUT2D eigenvalue weighted by atomic mass is 32.2. The van der Waals surface area contributed by atoms with E-state index in [9.17, 15) is 19.5 Å². The quantitative estimate of drug-likeness (QED) is 0.307. The van der Waals surface area contributed by atoms with Gasteiger partial charge >= 0.3 is 5.97 Å². The van der Waals surface area contributed by atoms with Crippen molar-refractivity contribution in [3.05, 3.63) is 47.6 Å². The van der Waals surface area contributed by atoms with Gasteiger partial charge in [-0.3, -0.25) is 14.5 Å². The number of nitrogens with zero attached hydrogens (tertiary/aromatic N) is 2. The fourth-order valence-corrected chi connectivity index (χ4v) is 4.23. The molecule has 2 aliphatic heterocycles. The van der Waals surface area contributed by atoms with Crippen molar-refractivity contribution in [1.29, 1.82) is 0 Å². The maximum absolute atomic E-state index is 12.6. The molecule has 3 rings (SSSR count). The second kappa shape index (κ2) is 8.70. The van der Waals surface area contributed by atoms with E-state index in [0.29, 0.717) is 11.3 Å². The summed E-state index contributed by atoms with van der Waals surface area (Å²) < 4.78 is 5.17. The number of aliphatic carboxylic acids is 1. The highest BCUT2D eigenvalue weighted by Gasteiger charge is 2.54. The molecule has 2 aliphatic rings. The Morgan fingerprint density at radius 1 is 1.52 bits per heavy atom. The number of fused-ring (bicyclic) bond motifs is 1. The normalized spacial score (nSPS) is 21.2. The third-order valence-corrected chi connectivity index (χ3v) is 5.45. The molecule has 150 valence electrons. The Balaban J connectivity index is 1.80. The fraction of sp³-hybridized carbons (Fsp3) is 0.263. The van der Waals surface area contributed by atoms with E-state index in [-0.39, 0.29) is 17.2 Å². The maximum atomic E-state index is 12.6. The monoisotopic (exact) mass is 415 g/mol. The molecule has 2 atom stereocenters. The first-order chi connectivity index (χ1) is 14.0. The van der Waals surface area contributed by atoms with Crippen LogP contribution in [0.25, 0.3) is 0 Å². The van der Waals surface area contributed by atoms with E-state index in [0.717, 1.165) is 0 Å². The molecule has 29 heavy (non-hydrogen) atoms. The van der Waals surface area contributed by atoms with Crippen molar-refractivity contribution in [2.75, 3.05) is 12.9 Å². The molecule has 0 saturated carbocycles. The van der Waals surface area contributed by atoms with Crippen molar-refractivity contribution in [2.45, 2.75) is 18.3 Å². The largest absolute Gasteiger partial charge is 0.477 e. The zero-order chi connectivity index (χ0) is 21.0. The van der Waals surface area contributed by atoms with Gasteiger partial charge in [0.05, 0.1) is 6.26 Å². The molecular formula is C19H17N3O6S. The lowest BCUT2D eigenvalue weighted by atomic mass is 10.0. The molecule has 2 amide bonds. The Labute approximate surface area is 170 Å². The first kappa shape index (κ1) is 20.3. The molecule has 10 heteroatoms. The number of carbonyl (C=O) groups excluding carboxylic acids is 2. The zero-order valence-electron chi connectivity index (χ0n) is 15.5. The second-order valence-corrected chi connectivity index (χ2v) is 6.97. The van der Waals surface area contributed by atoms with E-state index in [1.165, 1.54) is 36.1 Å². The van der Waals surface area contributed by atoms with Crippen LogP contribution in [0.1, 0.15) is 12.7 Å². The van der Waals surface area contributed by atoms with Gasteiger partial charge in [0, 0.05) is 5.75 Å². The zero-order valence-corrected chi connectivity index (χ0v) is 16.4. The molecule has 9 nitrogen and oxygen atoms in total. The van der Waals surface area contributed by atoms with Crippen molar-refractivity contribution in [1.82, 2.24) is 10.2 Å². The van der Waals surface area contributed by atoms with Gasteiger partial charge in [-0.15, -0.1) is 17.7 Å². The summed E-state index contributed by atoms with van der Waals surface area (Å²) in [7, 11) is 1.28. The lowest BCUT2D eigenvalue weighted by molar-refractivity contribution is -0.150. The summed E-state index contributed by atoms with van der Waals surface area (Å²) in [6.45, 7) is 1.67. The average Bonchev–Trinajstić information content (AvgIpc) is 3.23. The number of thioether (sulfide) groups is 1. The van der Waals surface area contributed by atoms with Gasteiger partial charge in [0.25, 0.3) is 11.8 Å². The SMILES string of the molecule is CC#C/C=C/C1=C(C(=O)O)N2C(=O)[C@@H](NC(=O)/C(=N\OC)c3ccco3)[C@H]2SC1. The van der Waals surface area contributed by atoms with E-state index < -0.39 is 29.2 Å². The van der Waals surface area contributed by atoms with Gasteiger partial charge in [0.1, 0.15) is 24.2 Å². The summed E-state index contributed by atoms with van der Waals surface area (Å²) in [5.74, 6) is 3.56. The van der Waals surface area contributed by atoms with E-state index in [1.807, 2.05) is 0 Å². The second-order valence-electron chi connectivity index (χ2n) is 5.87. The minimum Gasteiger partial charge on any atom is -0.477 e. The topological polar surface area (TPSA) is 121 Å². The number of carbonyl (C=O) groups is 3. The first-order valence-electron chi connectivity index (χ1n) is 8.45. The fourth-order valence-electron chi connectivity index (χ4n) is 2.91. The van der Waals surface area contributed by atoms with E-state index in [4.69, 9.17) is 4.42 Å². The van der Waals surface area contributed by atoms with E-state index >= 15 is 0 Å². The molecule has 1 aromatic heterocycles. The molecule has 0 aromatic carbocycles. The minimum absolute atomic E-state index is 0.102. The third kappa shape index (κ3) is 3.90. The predicted octanol–water partition coefficient (Wildman–Crippen LogP) is 0.948. The summed E-state index contributed by atoms with van der Waals surface area (Å²) in [6.07, 6.45) is 4.51.